The second kappa shape index (κ2) is 2.90. The van der Waals surface area contributed by atoms with E-state index in [0.717, 1.165) is 22.6 Å². The second-order valence-electron chi connectivity index (χ2n) is 5.08. The van der Waals surface area contributed by atoms with Crippen molar-refractivity contribution in [1.82, 2.24) is 5.32 Å². The van der Waals surface area contributed by atoms with Crippen LogP contribution >= 0.6 is 11.8 Å². The molecule has 1 saturated heterocycles. The lowest BCUT2D eigenvalue weighted by atomic mass is 9.97. The van der Waals surface area contributed by atoms with Crippen LogP contribution < -0.4 is 5.32 Å². The van der Waals surface area contributed by atoms with Crippen LogP contribution in [0.15, 0.2) is 0 Å². The normalized spacial score (nSPS) is 48.7. The molecule has 2 heteroatoms. The van der Waals surface area contributed by atoms with Crippen LogP contribution in [0.2, 0.25) is 0 Å². The Balaban J connectivity index is 1.52. The highest BCUT2D eigenvalue weighted by Gasteiger charge is 2.59. The summed E-state index contributed by atoms with van der Waals surface area (Å²) in [5.41, 5.74) is 0.784. The van der Waals surface area contributed by atoms with Gasteiger partial charge >= 0.3 is 0 Å². The molecule has 0 bridgehead atoms. The van der Waals surface area contributed by atoms with Gasteiger partial charge in [-0.1, -0.05) is 6.92 Å². The smallest absolute Gasteiger partial charge is 0.00787 e. The molecule has 74 valence electrons. The van der Waals surface area contributed by atoms with Gasteiger partial charge in [0.15, 0.2) is 0 Å². The van der Waals surface area contributed by atoms with Gasteiger partial charge in [0.25, 0.3) is 0 Å². The van der Waals surface area contributed by atoms with Crippen LogP contribution in [-0.2, 0) is 0 Å². The first-order valence-corrected chi connectivity index (χ1v) is 6.71. The molecule has 0 aromatic heterocycles. The maximum atomic E-state index is 3.68. The Morgan fingerprint density at radius 2 is 2.31 bits per heavy atom. The molecule has 13 heavy (non-hydrogen) atoms. The molecule has 3 rings (SSSR count). The predicted molar refractivity (Wildman–Crippen MR) is 58.1 cm³/mol. The van der Waals surface area contributed by atoms with E-state index in [4.69, 9.17) is 0 Å². The van der Waals surface area contributed by atoms with Crippen molar-refractivity contribution >= 4 is 11.8 Å². The minimum atomic E-state index is 0.784. The van der Waals surface area contributed by atoms with E-state index in [1.165, 1.54) is 38.0 Å². The summed E-state index contributed by atoms with van der Waals surface area (Å²) in [5, 5.41) is 4.62. The minimum Gasteiger partial charge on any atom is -0.314 e. The molecule has 1 aliphatic heterocycles. The van der Waals surface area contributed by atoms with Gasteiger partial charge in [0.05, 0.1) is 0 Å². The molecule has 3 aliphatic rings. The molecule has 3 fully saturated rings. The fourth-order valence-electron chi connectivity index (χ4n) is 2.87. The Morgan fingerprint density at radius 3 is 2.92 bits per heavy atom. The van der Waals surface area contributed by atoms with Crippen LogP contribution in [0, 0.1) is 11.3 Å². The third-order valence-corrected chi connectivity index (χ3v) is 5.66. The highest BCUT2D eigenvalue weighted by molar-refractivity contribution is 8.00. The van der Waals surface area contributed by atoms with Crippen molar-refractivity contribution in [3.8, 4) is 0 Å². The summed E-state index contributed by atoms with van der Waals surface area (Å²) >= 11 is 2.19. The molecule has 0 amide bonds. The predicted octanol–water partition coefficient (Wildman–Crippen LogP) is 2.27. The molecule has 2 saturated carbocycles. The SMILES string of the molecule is CC1SCCC12CC2CNC1CC1. The summed E-state index contributed by atoms with van der Waals surface area (Å²) in [6.45, 7) is 3.75. The van der Waals surface area contributed by atoms with Crippen molar-refractivity contribution in [2.45, 2.75) is 43.9 Å². The molecule has 0 aromatic rings. The van der Waals surface area contributed by atoms with E-state index in [0.29, 0.717) is 0 Å². The standard InChI is InChI=1S/C11H19NS/c1-8-11(4-5-13-8)6-9(11)7-12-10-2-3-10/h8-10,12H,2-7H2,1H3. The zero-order valence-corrected chi connectivity index (χ0v) is 9.20. The van der Waals surface area contributed by atoms with Crippen LogP contribution in [0.25, 0.3) is 0 Å². The van der Waals surface area contributed by atoms with Gasteiger partial charge in [-0.2, -0.15) is 11.8 Å². The monoisotopic (exact) mass is 197 g/mol. The first-order valence-electron chi connectivity index (χ1n) is 5.66. The fourth-order valence-corrected chi connectivity index (χ4v) is 4.46. The molecule has 1 spiro atoms. The van der Waals surface area contributed by atoms with Crippen molar-refractivity contribution in [3.05, 3.63) is 0 Å². The molecule has 3 unspecified atom stereocenters. The largest absolute Gasteiger partial charge is 0.314 e. The Bertz CT molecular complexity index is 214. The lowest BCUT2D eigenvalue weighted by Gasteiger charge is -2.14. The van der Waals surface area contributed by atoms with Crippen LogP contribution in [0.1, 0.15) is 32.6 Å². The first-order chi connectivity index (χ1) is 6.31. The number of hydrogen-bond donors (Lipinski definition) is 1. The zero-order chi connectivity index (χ0) is 8.89. The lowest BCUT2D eigenvalue weighted by Crippen LogP contribution is -2.23. The summed E-state index contributed by atoms with van der Waals surface area (Å²) in [4.78, 5) is 0. The molecule has 1 heterocycles. The molecular formula is C11H19NS. The average Bonchev–Trinajstić information content (AvgIpc) is 2.93. The summed E-state index contributed by atoms with van der Waals surface area (Å²) in [7, 11) is 0. The van der Waals surface area contributed by atoms with Gasteiger partial charge in [0, 0.05) is 11.3 Å². The number of thioether (sulfide) groups is 1. The van der Waals surface area contributed by atoms with Crippen LogP contribution in [0.5, 0.6) is 0 Å². The van der Waals surface area contributed by atoms with Crippen molar-refractivity contribution in [3.63, 3.8) is 0 Å². The quantitative estimate of drug-likeness (QED) is 0.745. The third-order valence-electron chi connectivity index (χ3n) is 4.25. The van der Waals surface area contributed by atoms with Gasteiger partial charge < -0.3 is 5.32 Å². The maximum absolute atomic E-state index is 3.68. The van der Waals surface area contributed by atoms with Crippen LogP contribution in [0.3, 0.4) is 0 Å². The minimum absolute atomic E-state index is 0.784. The molecular weight excluding hydrogens is 178 g/mol. The van der Waals surface area contributed by atoms with Gasteiger partial charge in [0.2, 0.25) is 0 Å². The molecule has 1 nitrogen and oxygen atoms in total. The van der Waals surface area contributed by atoms with Crippen molar-refractivity contribution in [2.24, 2.45) is 11.3 Å². The summed E-state index contributed by atoms with van der Waals surface area (Å²) in [5.74, 6) is 2.44. The van der Waals surface area contributed by atoms with E-state index >= 15 is 0 Å². The van der Waals surface area contributed by atoms with E-state index < -0.39 is 0 Å². The Labute approximate surface area is 85.0 Å². The first kappa shape index (κ1) is 8.60. The summed E-state index contributed by atoms with van der Waals surface area (Å²) in [6, 6.07) is 0.905. The molecule has 3 atom stereocenters. The van der Waals surface area contributed by atoms with E-state index in [-0.39, 0.29) is 0 Å². The van der Waals surface area contributed by atoms with E-state index in [9.17, 15) is 0 Å². The second-order valence-corrected chi connectivity index (χ2v) is 6.53. The lowest BCUT2D eigenvalue weighted by molar-refractivity contribution is 0.440. The molecule has 0 radical (unpaired) electrons. The Kier molecular flexibility index (Phi) is 1.92. The number of hydrogen-bond acceptors (Lipinski definition) is 2. The van der Waals surface area contributed by atoms with Crippen molar-refractivity contribution in [1.29, 1.82) is 0 Å². The van der Waals surface area contributed by atoms with Crippen molar-refractivity contribution < 1.29 is 0 Å². The van der Waals surface area contributed by atoms with Crippen LogP contribution in [0.4, 0.5) is 0 Å². The van der Waals surface area contributed by atoms with Crippen LogP contribution in [-0.4, -0.2) is 23.6 Å². The third kappa shape index (κ3) is 1.42. The number of nitrogens with one attached hydrogen (secondary N) is 1. The summed E-state index contributed by atoms with van der Waals surface area (Å²) < 4.78 is 0. The maximum Gasteiger partial charge on any atom is 0.00787 e. The molecule has 2 aliphatic carbocycles. The van der Waals surface area contributed by atoms with Crippen molar-refractivity contribution in [2.75, 3.05) is 12.3 Å². The topological polar surface area (TPSA) is 12.0 Å². The van der Waals surface area contributed by atoms with Gasteiger partial charge in [0.1, 0.15) is 0 Å². The van der Waals surface area contributed by atoms with E-state index in [1.807, 2.05) is 0 Å². The van der Waals surface area contributed by atoms with Gasteiger partial charge in [-0.15, -0.1) is 0 Å². The Hall–Kier alpha value is 0.310. The number of rotatable bonds is 3. The molecule has 0 aromatic carbocycles. The fraction of sp³-hybridized carbons (Fsp3) is 1.00. The highest BCUT2D eigenvalue weighted by atomic mass is 32.2. The van der Waals surface area contributed by atoms with E-state index in [2.05, 4.69) is 24.0 Å². The zero-order valence-electron chi connectivity index (χ0n) is 8.38. The Morgan fingerprint density at radius 1 is 1.46 bits per heavy atom. The van der Waals surface area contributed by atoms with Gasteiger partial charge in [-0.25, -0.2) is 0 Å². The van der Waals surface area contributed by atoms with Gasteiger partial charge in [-0.05, 0) is 49.3 Å². The molecule has 1 N–H and O–H groups in total. The average molecular weight is 197 g/mol. The van der Waals surface area contributed by atoms with Gasteiger partial charge in [-0.3, -0.25) is 0 Å². The van der Waals surface area contributed by atoms with E-state index in [1.54, 1.807) is 0 Å². The summed E-state index contributed by atoms with van der Waals surface area (Å²) in [6.07, 6.45) is 5.88. The highest BCUT2D eigenvalue weighted by Crippen LogP contribution is 2.64.